The maximum atomic E-state index is 14.2. The average molecular weight is 396 g/mol. The van der Waals surface area contributed by atoms with Gasteiger partial charge >= 0.3 is 11.9 Å². The summed E-state index contributed by atoms with van der Waals surface area (Å²) in [6.07, 6.45) is 6.36. The SMILES string of the molecule is C=CC(=O)OC=COc1ccc(-c2ccc(OC=COC(=O)C=C)c(F)c2)cc1. The number of esters is 2. The molecule has 0 unspecified atom stereocenters. The van der Waals surface area contributed by atoms with Crippen LogP contribution in [0.2, 0.25) is 0 Å². The monoisotopic (exact) mass is 396 g/mol. The van der Waals surface area contributed by atoms with E-state index >= 15 is 0 Å². The molecule has 0 atom stereocenters. The second-order valence-electron chi connectivity index (χ2n) is 5.23. The Kier molecular flexibility index (Phi) is 7.95. The zero-order valence-electron chi connectivity index (χ0n) is 15.2. The number of halogens is 1. The maximum Gasteiger partial charge on any atom is 0.335 e. The van der Waals surface area contributed by atoms with E-state index in [1.807, 2.05) is 0 Å². The third-order valence-electron chi connectivity index (χ3n) is 3.33. The Bertz CT molecular complexity index is 944. The fraction of sp³-hybridized carbons (Fsp3) is 0. The van der Waals surface area contributed by atoms with Crippen molar-refractivity contribution in [2.24, 2.45) is 0 Å². The van der Waals surface area contributed by atoms with E-state index in [1.165, 1.54) is 18.4 Å². The summed E-state index contributed by atoms with van der Waals surface area (Å²) in [5.74, 6) is -1.36. The smallest absolute Gasteiger partial charge is 0.335 e. The molecule has 0 aliphatic rings. The molecule has 0 heterocycles. The highest BCUT2D eigenvalue weighted by molar-refractivity contribution is 5.82. The Balaban J connectivity index is 1.97. The second kappa shape index (κ2) is 10.9. The van der Waals surface area contributed by atoms with Gasteiger partial charge in [0.1, 0.15) is 30.8 Å². The van der Waals surface area contributed by atoms with Gasteiger partial charge in [-0.05, 0) is 35.4 Å². The average Bonchev–Trinajstić information content (AvgIpc) is 2.75. The molecule has 0 aromatic heterocycles. The first-order valence-electron chi connectivity index (χ1n) is 8.23. The minimum absolute atomic E-state index is 0.0289. The lowest BCUT2D eigenvalue weighted by Gasteiger charge is -2.07. The van der Waals surface area contributed by atoms with Crippen molar-refractivity contribution in [3.8, 4) is 22.6 Å². The molecule has 0 aliphatic heterocycles. The first-order valence-corrected chi connectivity index (χ1v) is 8.23. The Morgan fingerprint density at radius 1 is 0.759 bits per heavy atom. The van der Waals surface area contributed by atoms with E-state index in [4.69, 9.17) is 9.47 Å². The molecule has 0 spiro atoms. The van der Waals surface area contributed by atoms with E-state index in [0.29, 0.717) is 11.3 Å². The minimum atomic E-state index is -0.652. The predicted octanol–water partition coefficient (Wildman–Crippen LogP) is 4.65. The second-order valence-corrected chi connectivity index (χ2v) is 5.23. The van der Waals surface area contributed by atoms with Crippen LogP contribution in [0.5, 0.6) is 11.5 Å². The Morgan fingerprint density at radius 3 is 1.86 bits per heavy atom. The molecule has 0 amide bonds. The van der Waals surface area contributed by atoms with E-state index in [1.54, 1.807) is 30.3 Å². The molecule has 148 valence electrons. The number of carbonyl (C=O) groups excluding carboxylic acids is 2. The van der Waals surface area contributed by atoms with Crippen LogP contribution in [0.25, 0.3) is 11.1 Å². The number of rotatable bonds is 9. The van der Waals surface area contributed by atoms with Crippen LogP contribution in [0, 0.1) is 5.82 Å². The van der Waals surface area contributed by atoms with Crippen LogP contribution in [0.1, 0.15) is 0 Å². The Labute approximate surface area is 166 Å². The molecular formula is C22H17FO6. The normalized spacial score (nSPS) is 10.5. The number of benzene rings is 2. The summed E-state index contributed by atoms with van der Waals surface area (Å²) in [6.45, 7) is 6.51. The highest BCUT2D eigenvalue weighted by Gasteiger charge is 2.06. The van der Waals surface area contributed by atoms with Gasteiger partial charge in [-0.2, -0.15) is 0 Å². The van der Waals surface area contributed by atoms with E-state index in [-0.39, 0.29) is 5.75 Å². The molecule has 7 heteroatoms. The van der Waals surface area contributed by atoms with Gasteiger partial charge in [0, 0.05) is 12.2 Å². The first kappa shape index (κ1) is 21.2. The zero-order chi connectivity index (χ0) is 21.1. The third kappa shape index (κ3) is 6.84. The standard InChI is InChI=1S/C22H17FO6/c1-3-21(24)28-13-11-26-18-8-5-16(6-9-18)17-7-10-20(19(23)15-17)27-12-14-29-22(25)4-2/h3-15H,1-2H2. The Morgan fingerprint density at radius 2 is 1.31 bits per heavy atom. The molecule has 0 fully saturated rings. The predicted molar refractivity (Wildman–Crippen MR) is 104 cm³/mol. The quantitative estimate of drug-likeness (QED) is 0.349. The fourth-order valence-electron chi connectivity index (χ4n) is 2.00. The van der Waals surface area contributed by atoms with E-state index in [9.17, 15) is 14.0 Å². The molecule has 6 nitrogen and oxygen atoms in total. The van der Waals surface area contributed by atoms with Crippen LogP contribution >= 0.6 is 0 Å². The summed E-state index contributed by atoms with van der Waals surface area (Å²) in [6, 6.07) is 11.3. The molecule has 0 N–H and O–H groups in total. The summed E-state index contributed by atoms with van der Waals surface area (Å²) < 4.78 is 33.8. The van der Waals surface area contributed by atoms with Crippen molar-refractivity contribution in [2.45, 2.75) is 0 Å². The number of ether oxygens (including phenoxy) is 4. The van der Waals surface area contributed by atoms with E-state index < -0.39 is 17.8 Å². The largest absolute Gasteiger partial charge is 0.462 e. The molecule has 2 aromatic carbocycles. The van der Waals surface area contributed by atoms with Crippen molar-refractivity contribution in [1.29, 1.82) is 0 Å². The number of carbonyl (C=O) groups is 2. The number of hydrogen-bond donors (Lipinski definition) is 0. The third-order valence-corrected chi connectivity index (χ3v) is 3.33. The van der Waals surface area contributed by atoms with Gasteiger partial charge < -0.3 is 18.9 Å². The van der Waals surface area contributed by atoms with Crippen LogP contribution in [0.4, 0.5) is 4.39 Å². The lowest BCUT2D eigenvalue weighted by atomic mass is 10.1. The van der Waals surface area contributed by atoms with Crippen LogP contribution in [-0.4, -0.2) is 11.9 Å². The van der Waals surface area contributed by atoms with Crippen molar-refractivity contribution in [2.75, 3.05) is 0 Å². The Hall–Kier alpha value is -4.13. The van der Waals surface area contributed by atoms with Gasteiger partial charge in [-0.1, -0.05) is 31.4 Å². The van der Waals surface area contributed by atoms with Crippen molar-refractivity contribution in [1.82, 2.24) is 0 Å². The van der Waals surface area contributed by atoms with Gasteiger partial charge in [-0.3, -0.25) is 0 Å². The topological polar surface area (TPSA) is 71.1 Å². The number of hydrogen-bond acceptors (Lipinski definition) is 6. The lowest BCUT2D eigenvalue weighted by Crippen LogP contribution is -1.94. The molecule has 2 rings (SSSR count). The van der Waals surface area contributed by atoms with Crippen LogP contribution in [-0.2, 0) is 19.1 Å². The summed E-state index contributed by atoms with van der Waals surface area (Å²) in [5.41, 5.74) is 1.37. The van der Waals surface area contributed by atoms with Crippen molar-refractivity contribution >= 4 is 11.9 Å². The minimum Gasteiger partial charge on any atom is -0.462 e. The van der Waals surface area contributed by atoms with E-state index in [2.05, 4.69) is 22.6 Å². The highest BCUT2D eigenvalue weighted by atomic mass is 19.1. The maximum absolute atomic E-state index is 14.2. The molecule has 0 radical (unpaired) electrons. The van der Waals surface area contributed by atoms with Crippen LogP contribution < -0.4 is 9.47 Å². The summed E-state index contributed by atoms with van der Waals surface area (Å²) in [7, 11) is 0. The van der Waals surface area contributed by atoms with Gasteiger partial charge in [-0.25, -0.2) is 14.0 Å². The molecular weight excluding hydrogens is 379 g/mol. The fourth-order valence-corrected chi connectivity index (χ4v) is 2.00. The van der Waals surface area contributed by atoms with Crippen molar-refractivity contribution in [3.63, 3.8) is 0 Å². The van der Waals surface area contributed by atoms with Gasteiger partial charge in [-0.15, -0.1) is 0 Å². The van der Waals surface area contributed by atoms with Crippen LogP contribution in [0.3, 0.4) is 0 Å². The van der Waals surface area contributed by atoms with E-state index in [0.717, 1.165) is 36.5 Å². The van der Waals surface area contributed by atoms with Gasteiger partial charge in [0.15, 0.2) is 11.6 Å². The molecule has 0 bridgehead atoms. The first-order chi connectivity index (χ1) is 14.0. The van der Waals surface area contributed by atoms with Crippen molar-refractivity contribution in [3.05, 3.63) is 98.6 Å². The molecule has 0 saturated heterocycles. The van der Waals surface area contributed by atoms with Gasteiger partial charge in [0.05, 0.1) is 0 Å². The van der Waals surface area contributed by atoms with Gasteiger partial charge in [0.2, 0.25) is 0 Å². The van der Waals surface area contributed by atoms with Gasteiger partial charge in [0.25, 0.3) is 0 Å². The molecule has 2 aromatic rings. The summed E-state index contributed by atoms with van der Waals surface area (Å²) >= 11 is 0. The molecule has 0 saturated carbocycles. The molecule has 0 aliphatic carbocycles. The zero-order valence-corrected chi connectivity index (χ0v) is 15.2. The highest BCUT2D eigenvalue weighted by Crippen LogP contribution is 2.27. The van der Waals surface area contributed by atoms with Crippen LogP contribution in [0.15, 0.2) is 92.8 Å². The summed E-state index contributed by atoms with van der Waals surface area (Å²) in [5, 5.41) is 0. The lowest BCUT2D eigenvalue weighted by molar-refractivity contribution is -0.133. The molecule has 29 heavy (non-hydrogen) atoms. The summed E-state index contributed by atoms with van der Waals surface area (Å²) in [4.78, 5) is 21.7. The van der Waals surface area contributed by atoms with Crippen molar-refractivity contribution < 1.29 is 32.9 Å².